The quantitative estimate of drug-likeness (QED) is 0.164. The number of amides is 1. The molecule has 0 spiro atoms. The van der Waals surface area contributed by atoms with E-state index in [1.165, 1.54) is 11.8 Å². The largest absolute Gasteiger partial charge is 0.494 e. The lowest BCUT2D eigenvalue weighted by Crippen LogP contribution is -2.27. The van der Waals surface area contributed by atoms with E-state index in [4.69, 9.17) is 22.1 Å². The number of thioether (sulfide) groups is 1. The molecule has 0 N–H and O–H groups in total. The van der Waals surface area contributed by atoms with Crippen LogP contribution in [0.3, 0.4) is 0 Å². The number of hydrogen-bond acceptors (Lipinski definition) is 5. The summed E-state index contributed by atoms with van der Waals surface area (Å²) in [5, 5.41) is 4.90. The molecule has 1 amide bonds. The predicted octanol–water partition coefficient (Wildman–Crippen LogP) is 7.37. The van der Waals surface area contributed by atoms with Crippen LogP contribution in [0.4, 0.5) is 0 Å². The van der Waals surface area contributed by atoms with Crippen molar-refractivity contribution in [2.75, 3.05) is 6.61 Å². The van der Waals surface area contributed by atoms with E-state index < -0.39 is 0 Å². The molecular formula is C31H29N3O2S2. The number of aromatic nitrogens is 2. The van der Waals surface area contributed by atoms with Gasteiger partial charge in [-0.05, 0) is 60.4 Å². The van der Waals surface area contributed by atoms with E-state index in [0.29, 0.717) is 28.3 Å². The number of rotatable bonds is 9. The van der Waals surface area contributed by atoms with Gasteiger partial charge in [0.05, 0.1) is 29.4 Å². The number of para-hydroxylation sites is 1. The molecule has 5 rings (SSSR count). The Balaban J connectivity index is 1.45. The van der Waals surface area contributed by atoms with Crippen molar-refractivity contribution in [3.63, 3.8) is 0 Å². The normalized spacial score (nSPS) is 14.6. The highest BCUT2D eigenvalue weighted by Gasteiger charge is 2.32. The Morgan fingerprint density at radius 1 is 0.974 bits per heavy atom. The number of carbonyl (C=O) groups excluding carboxylic acids is 1. The van der Waals surface area contributed by atoms with Crippen LogP contribution in [-0.4, -0.2) is 31.5 Å². The van der Waals surface area contributed by atoms with Crippen LogP contribution in [0.15, 0.2) is 96.0 Å². The van der Waals surface area contributed by atoms with Gasteiger partial charge in [0, 0.05) is 17.3 Å². The van der Waals surface area contributed by atoms with Gasteiger partial charge in [0.25, 0.3) is 5.91 Å². The van der Waals surface area contributed by atoms with Crippen LogP contribution >= 0.6 is 24.0 Å². The van der Waals surface area contributed by atoms with E-state index in [0.717, 1.165) is 40.2 Å². The molecule has 1 aliphatic rings. The van der Waals surface area contributed by atoms with Crippen LogP contribution in [-0.2, 0) is 11.3 Å². The first-order valence-corrected chi connectivity index (χ1v) is 13.9. The van der Waals surface area contributed by atoms with Gasteiger partial charge in [-0.15, -0.1) is 0 Å². The zero-order valence-electron chi connectivity index (χ0n) is 21.4. The van der Waals surface area contributed by atoms with E-state index in [-0.39, 0.29) is 5.91 Å². The monoisotopic (exact) mass is 539 g/mol. The van der Waals surface area contributed by atoms with E-state index in [9.17, 15) is 4.79 Å². The number of carbonyl (C=O) groups is 1. The van der Waals surface area contributed by atoms with Gasteiger partial charge < -0.3 is 4.74 Å². The number of hydrogen-bond donors (Lipinski definition) is 0. The Kier molecular flexibility index (Phi) is 8.05. The summed E-state index contributed by atoms with van der Waals surface area (Å²) in [6, 6.07) is 27.8. The summed E-state index contributed by atoms with van der Waals surface area (Å²) < 4.78 is 8.31. The van der Waals surface area contributed by atoms with Gasteiger partial charge in [-0.2, -0.15) is 5.10 Å². The second kappa shape index (κ2) is 11.8. The van der Waals surface area contributed by atoms with E-state index in [1.807, 2.05) is 102 Å². The number of nitrogens with zero attached hydrogens (tertiary/aromatic N) is 3. The molecule has 0 saturated carbocycles. The summed E-state index contributed by atoms with van der Waals surface area (Å²) in [5.74, 6) is 1.34. The maximum atomic E-state index is 13.3. The third-order valence-electron chi connectivity index (χ3n) is 6.20. The Morgan fingerprint density at radius 2 is 1.66 bits per heavy atom. The maximum Gasteiger partial charge on any atom is 0.266 e. The number of benzene rings is 3. The zero-order valence-corrected chi connectivity index (χ0v) is 23.0. The summed E-state index contributed by atoms with van der Waals surface area (Å²) >= 11 is 6.91. The molecule has 0 bridgehead atoms. The van der Waals surface area contributed by atoms with Crippen LogP contribution in [0.25, 0.3) is 23.0 Å². The Bertz CT molecular complexity index is 1450. The fourth-order valence-electron chi connectivity index (χ4n) is 4.10. The summed E-state index contributed by atoms with van der Waals surface area (Å²) in [6.07, 6.45) is 4.87. The molecule has 7 heteroatoms. The highest BCUT2D eigenvalue weighted by molar-refractivity contribution is 8.26. The number of ether oxygens (including phenoxy) is 1. The standard InChI is InChI=1S/C31H29N3O2S2/c1-22(2)17-18-36-27-15-13-24(14-16-27)29-25(21-34(32-29)26-11-7-4-8-12-26)19-28-30(35)33(31(37)38-28)20-23-9-5-3-6-10-23/h3-16,19,21-22H,17-18,20H2,1-2H3. The van der Waals surface area contributed by atoms with E-state index >= 15 is 0 Å². The molecule has 192 valence electrons. The van der Waals surface area contributed by atoms with Gasteiger partial charge in [-0.1, -0.05) is 86.4 Å². The molecule has 0 atom stereocenters. The highest BCUT2D eigenvalue weighted by Crippen LogP contribution is 2.36. The lowest BCUT2D eigenvalue weighted by atomic mass is 10.1. The molecule has 0 unspecified atom stereocenters. The van der Waals surface area contributed by atoms with Crippen molar-refractivity contribution in [3.05, 3.63) is 107 Å². The zero-order chi connectivity index (χ0) is 26.5. The summed E-state index contributed by atoms with van der Waals surface area (Å²) in [4.78, 5) is 15.6. The lowest BCUT2D eigenvalue weighted by molar-refractivity contribution is -0.122. The van der Waals surface area contributed by atoms with Crippen molar-refractivity contribution >= 4 is 40.3 Å². The minimum Gasteiger partial charge on any atom is -0.494 e. The molecular weight excluding hydrogens is 510 g/mol. The Labute approximate surface area is 233 Å². The fourth-order valence-corrected chi connectivity index (χ4v) is 5.34. The molecule has 2 heterocycles. The van der Waals surface area contributed by atoms with Crippen molar-refractivity contribution < 1.29 is 9.53 Å². The smallest absolute Gasteiger partial charge is 0.266 e. The molecule has 1 fully saturated rings. The van der Waals surface area contributed by atoms with Crippen molar-refractivity contribution in [1.82, 2.24) is 14.7 Å². The first kappa shape index (κ1) is 25.9. The van der Waals surface area contributed by atoms with Crippen LogP contribution in [0, 0.1) is 5.92 Å². The molecule has 1 aliphatic heterocycles. The third kappa shape index (κ3) is 6.06. The lowest BCUT2D eigenvalue weighted by Gasteiger charge is -2.14. The fraction of sp³-hybridized carbons (Fsp3) is 0.194. The first-order chi connectivity index (χ1) is 18.5. The molecule has 5 nitrogen and oxygen atoms in total. The highest BCUT2D eigenvalue weighted by atomic mass is 32.2. The molecule has 0 radical (unpaired) electrons. The average Bonchev–Trinajstić information content (AvgIpc) is 3.46. The van der Waals surface area contributed by atoms with Crippen LogP contribution in [0.5, 0.6) is 5.75 Å². The van der Waals surface area contributed by atoms with Gasteiger partial charge in [0.15, 0.2) is 0 Å². The third-order valence-corrected chi connectivity index (χ3v) is 7.58. The summed E-state index contributed by atoms with van der Waals surface area (Å²) in [7, 11) is 0. The summed E-state index contributed by atoms with van der Waals surface area (Å²) in [5.41, 5.74) is 4.57. The topological polar surface area (TPSA) is 47.4 Å². The molecule has 4 aromatic rings. The second-order valence-electron chi connectivity index (χ2n) is 9.52. The number of thiocarbonyl (C=S) groups is 1. The van der Waals surface area contributed by atoms with Crippen LogP contribution < -0.4 is 4.74 Å². The van der Waals surface area contributed by atoms with Crippen molar-refractivity contribution in [3.8, 4) is 22.7 Å². The van der Waals surface area contributed by atoms with Gasteiger partial charge in [-0.3, -0.25) is 9.69 Å². The van der Waals surface area contributed by atoms with Gasteiger partial charge >= 0.3 is 0 Å². The first-order valence-electron chi connectivity index (χ1n) is 12.7. The molecule has 1 saturated heterocycles. The van der Waals surface area contributed by atoms with Crippen LogP contribution in [0.1, 0.15) is 31.4 Å². The Morgan fingerprint density at radius 3 is 2.34 bits per heavy atom. The van der Waals surface area contributed by atoms with Crippen molar-refractivity contribution in [1.29, 1.82) is 0 Å². The molecule has 1 aromatic heterocycles. The molecule has 3 aromatic carbocycles. The molecule has 38 heavy (non-hydrogen) atoms. The maximum absolute atomic E-state index is 13.3. The van der Waals surface area contributed by atoms with Gasteiger partial charge in [0.2, 0.25) is 0 Å². The van der Waals surface area contributed by atoms with Crippen LogP contribution in [0.2, 0.25) is 0 Å². The van der Waals surface area contributed by atoms with Gasteiger partial charge in [-0.25, -0.2) is 4.68 Å². The van der Waals surface area contributed by atoms with Gasteiger partial charge in [0.1, 0.15) is 10.1 Å². The molecule has 0 aliphatic carbocycles. The van der Waals surface area contributed by atoms with E-state index in [1.54, 1.807) is 4.90 Å². The second-order valence-corrected chi connectivity index (χ2v) is 11.2. The minimum absolute atomic E-state index is 0.0869. The Hall–Kier alpha value is -3.68. The minimum atomic E-state index is -0.0869. The SMILES string of the molecule is CC(C)CCOc1ccc(-c2nn(-c3ccccc3)cc2C=C2SC(=S)N(Cc3ccccc3)C2=O)cc1. The van der Waals surface area contributed by atoms with E-state index in [2.05, 4.69) is 13.8 Å². The summed E-state index contributed by atoms with van der Waals surface area (Å²) in [6.45, 7) is 5.52. The van der Waals surface area contributed by atoms with Crippen molar-refractivity contribution in [2.24, 2.45) is 5.92 Å². The van der Waals surface area contributed by atoms with Crippen molar-refractivity contribution in [2.45, 2.75) is 26.8 Å². The predicted molar refractivity (Wildman–Crippen MR) is 159 cm³/mol. The average molecular weight is 540 g/mol.